The van der Waals surface area contributed by atoms with Crippen molar-refractivity contribution in [2.75, 3.05) is 36.4 Å². The van der Waals surface area contributed by atoms with E-state index in [-0.39, 0.29) is 0 Å². The first-order valence-electron chi connectivity index (χ1n) is 11.3. The number of benzene rings is 1. The number of fused-ring (bicyclic) bond motifs is 1. The van der Waals surface area contributed by atoms with Crippen molar-refractivity contribution in [2.24, 2.45) is 7.05 Å². The van der Waals surface area contributed by atoms with Crippen molar-refractivity contribution >= 4 is 34.4 Å². The molecule has 164 valence electrons. The van der Waals surface area contributed by atoms with Crippen LogP contribution in [-0.4, -0.2) is 56.9 Å². The van der Waals surface area contributed by atoms with Crippen LogP contribution in [0.2, 0.25) is 5.02 Å². The molecule has 3 aromatic rings. The highest BCUT2D eigenvalue weighted by Gasteiger charge is 2.26. The Hall–Kier alpha value is -2.38. The first-order chi connectivity index (χ1) is 15.2. The molecule has 0 unspecified atom stereocenters. The molecule has 0 spiro atoms. The fourth-order valence-corrected chi connectivity index (χ4v) is 5.04. The molecule has 1 aliphatic carbocycles. The van der Waals surface area contributed by atoms with Gasteiger partial charge in [-0.1, -0.05) is 49.1 Å². The summed E-state index contributed by atoms with van der Waals surface area (Å²) in [6, 6.07) is 8.66. The van der Waals surface area contributed by atoms with E-state index >= 15 is 0 Å². The van der Waals surface area contributed by atoms with Crippen molar-refractivity contribution in [1.82, 2.24) is 24.6 Å². The van der Waals surface area contributed by atoms with E-state index in [1.54, 1.807) is 0 Å². The lowest BCUT2D eigenvalue weighted by Gasteiger charge is -2.40. The van der Waals surface area contributed by atoms with Crippen molar-refractivity contribution in [1.29, 1.82) is 0 Å². The summed E-state index contributed by atoms with van der Waals surface area (Å²) in [4.78, 5) is 14.8. The summed E-state index contributed by atoms with van der Waals surface area (Å²) >= 11 is 6.34. The second-order valence-electron chi connectivity index (χ2n) is 8.64. The molecule has 0 amide bonds. The Morgan fingerprint density at radius 1 is 1.03 bits per heavy atom. The summed E-state index contributed by atoms with van der Waals surface area (Å²) in [5.41, 5.74) is 1.89. The molecule has 0 bridgehead atoms. The number of piperazine rings is 1. The van der Waals surface area contributed by atoms with Crippen LogP contribution in [0.1, 0.15) is 37.7 Å². The van der Waals surface area contributed by atoms with Gasteiger partial charge in [-0.05, 0) is 24.5 Å². The van der Waals surface area contributed by atoms with Crippen LogP contribution in [0.25, 0.3) is 11.0 Å². The number of halogens is 1. The Labute approximate surface area is 188 Å². The minimum atomic E-state index is 0.607. The molecule has 1 N–H and O–H groups in total. The second-order valence-corrected chi connectivity index (χ2v) is 9.04. The summed E-state index contributed by atoms with van der Waals surface area (Å²) in [6.07, 6.45) is 8.70. The average Bonchev–Trinajstić information content (AvgIpc) is 3.20. The number of aryl methyl sites for hydroxylation is 1. The number of hydrogen-bond acceptors (Lipinski definition) is 6. The zero-order chi connectivity index (χ0) is 21.2. The van der Waals surface area contributed by atoms with E-state index in [4.69, 9.17) is 21.6 Å². The number of nitrogens with one attached hydrogen (secondary N) is 1. The smallest absolute Gasteiger partial charge is 0.229 e. The van der Waals surface area contributed by atoms with Crippen LogP contribution in [0.5, 0.6) is 0 Å². The highest BCUT2D eigenvalue weighted by atomic mass is 35.5. The Kier molecular flexibility index (Phi) is 5.96. The molecule has 31 heavy (non-hydrogen) atoms. The lowest BCUT2D eigenvalue weighted by molar-refractivity contribution is 0.147. The van der Waals surface area contributed by atoms with Crippen molar-refractivity contribution in [2.45, 2.75) is 44.7 Å². The summed E-state index contributed by atoms with van der Waals surface area (Å²) < 4.78 is 1.82. The third-order valence-electron chi connectivity index (χ3n) is 6.67. The molecule has 7 nitrogen and oxygen atoms in total. The SMILES string of the molecule is Cn1ncc2c(NCc3ccccc3Cl)nc(N3CCN(C4CCCCC4)CC3)nc21. The summed E-state index contributed by atoms with van der Waals surface area (Å²) in [5.74, 6) is 1.59. The van der Waals surface area contributed by atoms with E-state index in [1.807, 2.05) is 42.2 Å². The minimum Gasteiger partial charge on any atom is -0.365 e. The molecule has 1 saturated carbocycles. The largest absolute Gasteiger partial charge is 0.365 e. The van der Waals surface area contributed by atoms with Crippen molar-refractivity contribution in [3.05, 3.63) is 41.0 Å². The first kappa shape index (κ1) is 20.5. The van der Waals surface area contributed by atoms with E-state index in [9.17, 15) is 0 Å². The Balaban J connectivity index is 1.34. The second kappa shape index (κ2) is 9.01. The molecule has 5 rings (SSSR count). The van der Waals surface area contributed by atoms with E-state index in [0.717, 1.165) is 65.6 Å². The monoisotopic (exact) mass is 439 g/mol. The maximum Gasteiger partial charge on any atom is 0.229 e. The Morgan fingerprint density at radius 3 is 2.58 bits per heavy atom. The number of hydrogen-bond donors (Lipinski definition) is 1. The Morgan fingerprint density at radius 2 is 1.81 bits per heavy atom. The molecule has 1 aliphatic heterocycles. The van der Waals surface area contributed by atoms with Crippen LogP contribution in [0.3, 0.4) is 0 Å². The van der Waals surface area contributed by atoms with E-state index in [1.165, 1.54) is 32.1 Å². The lowest BCUT2D eigenvalue weighted by atomic mass is 9.94. The maximum atomic E-state index is 6.34. The molecular formula is C23H30ClN7. The fourth-order valence-electron chi connectivity index (χ4n) is 4.84. The van der Waals surface area contributed by atoms with Gasteiger partial charge in [0.05, 0.1) is 11.6 Å². The molecule has 1 saturated heterocycles. The van der Waals surface area contributed by atoms with Gasteiger partial charge in [-0.15, -0.1) is 0 Å². The predicted molar refractivity (Wildman–Crippen MR) is 126 cm³/mol. The molecule has 2 fully saturated rings. The number of nitrogens with zero attached hydrogens (tertiary/aromatic N) is 6. The van der Waals surface area contributed by atoms with Crippen molar-refractivity contribution in [3.63, 3.8) is 0 Å². The van der Waals surface area contributed by atoms with Crippen molar-refractivity contribution < 1.29 is 0 Å². The van der Waals surface area contributed by atoms with Crippen LogP contribution in [-0.2, 0) is 13.6 Å². The average molecular weight is 440 g/mol. The fraction of sp³-hybridized carbons (Fsp3) is 0.522. The van der Waals surface area contributed by atoms with E-state index in [0.29, 0.717) is 6.54 Å². The van der Waals surface area contributed by atoms with Gasteiger partial charge in [-0.25, -0.2) is 0 Å². The van der Waals surface area contributed by atoms with Crippen LogP contribution >= 0.6 is 11.6 Å². The third-order valence-corrected chi connectivity index (χ3v) is 7.04. The molecule has 0 atom stereocenters. The predicted octanol–water partition coefficient (Wildman–Crippen LogP) is 4.08. The van der Waals surface area contributed by atoms with Gasteiger partial charge in [0.25, 0.3) is 0 Å². The highest BCUT2D eigenvalue weighted by Crippen LogP contribution is 2.27. The van der Waals surface area contributed by atoms with Crippen LogP contribution < -0.4 is 10.2 Å². The van der Waals surface area contributed by atoms with Gasteiger partial charge in [-0.3, -0.25) is 9.58 Å². The van der Waals surface area contributed by atoms with Gasteiger partial charge in [-0.2, -0.15) is 15.1 Å². The minimum absolute atomic E-state index is 0.607. The Bertz CT molecular complexity index is 1040. The van der Waals surface area contributed by atoms with Gasteiger partial charge in [0.1, 0.15) is 5.82 Å². The summed E-state index contributed by atoms with van der Waals surface area (Å²) in [6.45, 7) is 4.70. The first-order valence-corrected chi connectivity index (χ1v) is 11.7. The van der Waals surface area contributed by atoms with Crippen LogP contribution in [0.15, 0.2) is 30.5 Å². The zero-order valence-corrected chi connectivity index (χ0v) is 18.9. The summed E-state index contributed by atoms with van der Waals surface area (Å²) in [5, 5.41) is 9.57. The molecule has 2 aliphatic rings. The van der Waals surface area contributed by atoms with E-state index in [2.05, 4.69) is 20.2 Å². The molecule has 8 heteroatoms. The molecular weight excluding hydrogens is 410 g/mol. The van der Waals surface area contributed by atoms with Crippen LogP contribution in [0, 0.1) is 0 Å². The van der Waals surface area contributed by atoms with Gasteiger partial charge in [0.2, 0.25) is 5.95 Å². The number of rotatable bonds is 5. The van der Waals surface area contributed by atoms with Gasteiger partial charge in [0, 0.05) is 50.8 Å². The molecule has 0 radical (unpaired) electrons. The van der Waals surface area contributed by atoms with Gasteiger partial charge >= 0.3 is 0 Å². The molecule has 2 aromatic heterocycles. The third kappa shape index (κ3) is 4.34. The molecule has 3 heterocycles. The highest BCUT2D eigenvalue weighted by molar-refractivity contribution is 6.31. The van der Waals surface area contributed by atoms with Gasteiger partial charge < -0.3 is 10.2 Å². The maximum absolute atomic E-state index is 6.34. The number of anilines is 2. The standard InChI is InChI=1S/C23H30ClN7/c1-29-22-19(16-26-29)21(25-15-17-7-5-6-10-20(17)24)27-23(28-22)31-13-11-30(12-14-31)18-8-3-2-4-9-18/h5-7,10,16,18H,2-4,8-9,11-15H2,1H3,(H,25,27,28). The zero-order valence-electron chi connectivity index (χ0n) is 18.1. The quantitative estimate of drug-likeness (QED) is 0.646. The van der Waals surface area contributed by atoms with E-state index < -0.39 is 0 Å². The van der Waals surface area contributed by atoms with Crippen LogP contribution in [0.4, 0.5) is 11.8 Å². The molecule has 1 aromatic carbocycles. The number of aromatic nitrogens is 4. The lowest BCUT2D eigenvalue weighted by Crippen LogP contribution is -2.51. The normalized spacial score (nSPS) is 18.6. The summed E-state index contributed by atoms with van der Waals surface area (Å²) in [7, 11) is 1.93. The van der Waals surface area contributed by atoms with Crippen molar-refractivity contribution in [3.8, 4) is 0 Å². The topological polar surface area (TPSA) is 62.1 Å². The van der Waals surface area contributed by atoms with Gasteiger partial charge in [0.15, 0.2) is 5.65 Å².